The van der Waals surface area contributed by atoms with Crippen LogP contribution < -0.4 is 5.32 Å². The average molecular weight is 292 g/mol. The fraction of sp³-hybridized carbons (Fsp3) is 0.333. The Hall–Kier alpha value is -2.50. The summed E-state index contributed by atoms with van der Waals surface area (Å²) in [4.78, 5) is 44.8. The predicted octanol–water partition coefficient (Wildman–Crippen LogP) is 1.15. The largest absolute Gasteiger partial charge is 0.481 e. The van der Waals surface area contributed by atoms with E-state index in [9.17, 15) is 19.2 Å². The van der Waals surface area contributed by atoms with Crippen molar-refractivity contribution in [2.45, 2.75) is 25.7 Å². The Kier molecular flexibility index (Phi) is 5.63. The first kappa shape index (κ1) is 14.9. The van der Waals surface area contributed by atoms with Gasteiger partial charge in [-0.3, -0.25) is 14.4 Å². The van der Waals surface area contributed by atoms with Gasteiger partial charge in [-0.15, -0.1) is 0 Å². The normalized spacial score (nSPS) is 12.1. The van der Waals surface area contributed by atoms with E-state index in [1.807, 2.05) is 0 Å². The second-order valence-corrected chi connectivity index (χ2v) is 4.54. The second-order valence-electron chi connectivity index (χ2n) is 4.54. The third kappa shape index (κ3) is 5.18. The van der Waals surface area contributed by atoms with E-state index in [0.717, 1.165) is 0 Å². The van der Waals surface area contributed by atoms with E-state index in [2.05, 4.69) is 5.32 Å². The van der Waals surface area contributed by atoms with Crippen molar-refractivity contribution in [1.82, 2.24) is 5.32 Å². The quantitative estimate of drug-likeness (QED) is 0.700. The molecule has 0 fully saturated rings. The molecule has 0 spiro atoms. The van der Waals surface area contributed by atoms with Gasteiger partial charge < -0.3 is 15.2 Å². The lowest BCUT2D eigenvalue weighted by Gasteiger charge is -2.12. The van der Waals surface area contributed by atoms with Crippen molar-refractivity contribution in [3.63, 3.8) is 0 Å². The maximum atomic E-state index is 11.9. The molecular weight excluding hydrogens is 274 g/mol. The van der Waals surface area contributed by atoms with E-state index in [1.54, 1.807) is 12.1 Å². The second kappa shape index (κ2) is 7.94. The molecule has 1 aromatic rings. The predicted molar refractivity (Wildman–Crippen MR) is 75.1 cm³/mol. The number of carbonyl (C=O) groups is 4. The van der Waals surface area contributed by atoms with Crippen molar-refractivity contribution in [2.75, 3.05) is 6.54 Å². The summed E-state index contributed by atoms with van der Waals surface area (Å²) in [6.07, 6.45) is -1.27. The standard InChI is InChI=1S/C15H17NO5/c1-10(18)13(6-8-17)11-3-2-4-12(9-11)15(21)16-7-5-14(19)20/h2-4,8-9,13H,5-7H2,1H3,(H,16,21)(H,19,20)/i8D. The van der Waals surface area contributed by atoms with E-state index < -0.39 is 24.1 Å². The fourth-order valence-electron chi connectivity index (χ4n) is 1.86. The van der Waals surface area contributed by atoms with Gasteiger partial charge in [-0.25, -0.2) is 0 Å². The van der Waals surface area contributed by atoms with Crippen LogP contribution in [-0.4, -0.2) is 35.6 Å². The molecule has 21 heavy (non-hydrogen) atoms. The molecule has 112 valence electrons. The van der Waals surface area contributed by atoms with Crippen molar-refractivity contribution in [3.8, 4) is 0 Å². The molecule has 6 heteroatoms. The highest BCUT2D eigenvalue weighted by Gasteiger charge is 2.17. The molecule has 0 bridgehead atoms. The van der Waals surface area contributed by atoms with Gasteiger partial charge in [0.25, 0.3) is 5.91 Å². The minimum absolute atomic E-state index is 0.000261. The Morgan fingerprint density at radius 1 is 1.43 bits per heavy atom. The highest BCUT2D eigenvalue weighted by molar-refractivity contribution is 5.95. The lowest BCUT2D eigenvalue weighted by Crippen LogP contribution is -2.26. The summed E-state index contributed by atoms with van der Waals surface area (Å²) in [5.41, 5.74) is 0.755. The van der Waals surface area contributed by atoms with E-state index >= 15 is 0 Å². The Bertz CT molecular complexity index is 599. The molecule has 0 saturated heterocycles. The number of ketones is 1. The van der Waals surface area contributed by atoms with Crippen LogP contribution in [0.5, 0.6) is 0 Å². The lowest BCUT2D eigenvalue weighted by molar-refractivity contribution is -0.136. The maximum Gasteiger partial charge on any atom is 0.305 e. The van der Waals surface area contributed by atoms with Crippen LogP contribution in [0.15, 0.2) is 24.3 Å². The van der Waals surface area contributed by atoms with Crippen LogP contribution in [0.25, 0.3) is 0 Å². The molecule has 0 aliphatic rings. The number of aliphatic carboxylic acids is 1. The zero-order chi connectivity index (χ0) is 16.7. The number of hydrogen-bond donors (Lipinski definition) is 2. The summed E-state index contributed by atoms with van der Waals surface area (Å²) in [6, 6.07) is 6.19. The van der Waals surface area contributed by atoms with Gasteiger partial charge in [0.2, 0.25) is 0 Å². The van der Waals surface area contributed by atoms with Gasteiger partial charge in [0, 0.05) is 24.4 Å². The molecule has 1 atom stereocenters. The zero-order valence-corrected chi connectivity index (χ0v) is 11.6. The van der Waals surface area contributed by atoms with E-state index in [1.165, 1.54) is 19.1 Å². The summed E-state index contributed by atoms with van der Waals surface area (Å²) in [6.45, 7) is 1.33. The van der Waals surface area contributed by atoms with Crippen LogP contribution in [-0.2, 0) is 14.4 Å². The van der Waals surface area contributed by atoms with Gasteiger partial charge in [-0.2, -0.15) is 0 Å². The number of carboxylic acids is 1. The van der Waals surface area contributed by atoms with Crippen LogP contribution in [0.2, 0.25) is 0 Å². The van der Waals surface area contributed by atoms with Gasteiger partial charge in [0.05, 0.1) is 6.42 Å². The molecule has 1 rings (SSSR count). The molecule has 0 aromatic heterocycles. The van der Waals surface area contributed by atoms with Crippen LogP contribution in [0.4, 0.5) is 0 Å². The number of hydrogen-bond acceptors (Lipinski definition) is 4. The highest BCUT2D eigenvalue weighted by Crippen LogP contribution is 2.21. The van der Waals surface area contributed by atoms with E-state index in [0.29, 0.717) is 5.56 Å². The molecule has 1 unspecified atom stereocenters. The Morgan fingerprint density at radius 2 is 2.14 bits per heavy atom. The average Bonchev–Trinajstić information content (AvgIpc) is 2.44. The minimum atomic E-state index is -1.01. The number of nitrogens with one attached hydrogen (secondary N) is 1. The summed E-state index contributed by atoms with van der Waals surface area (Å²) < 4.78 is 6.99. The van der Waals surface area contributed by atoms with Crippen molar-refractivity contribution >= 4 is 23.9 Å². The van der Waals surface area contributed by atoms with E-state index in [4.69, 9.17) is 6.48 Å². The van der Waals surface area contributed by atoms with Crippen LogP contribution in [0.1, 0.15) is 43.0 Å². The van der Waals surface area contributed by atoms with Crippen LogP contribution in [0, 0.1) is 0 Å². The Morgan fingerprint density at radius 3 is 2.71 bits per heavy atom. The molecule has 1 aromatic carbocycles. The summed E-state index contributed by atoms with van der Waals surface area (Å²) in [5.74, 6) is -2.48. The minimum Gasteiger partial charge on any atom is -0.481 e. The van der Waals surface area contributed by atoms with Gasteiger partial charge >= 0.3 is 5.97 Å². The van der Waals surface area contributed by atoms with Gasteiger partial charge in [0.15, 0.2) is 0 Å². The number of amides is 1. The molecule has 0 aliphatic heterocycles. The molecule has 0 heterocycles. The van der Waals surface area contributed by atoms with Gasteiger partial charge in [0.1, 0.15) is 13.4 Å². The summed E-state index contributed by atoms with van der Waals surface area (Å²) >= 11 is 0. The number of benzene rings is 1. The van der Waals surface area contributed by atoms with Crippen molar-refractivity contribution in [3.05, 3.63) is 35.4 Å². The topological polar surface area (TPSA) is 101 Å². The van der Waals surface area contributed by atoms with E-state index in [-0.39, 0.29) is 30.7 Å². The fourth-order valence-corrected chi connectivity index (χ4v) is 1.86. The van der Waals surface area contributed by atoms with Crippen molar-refractivity contribution < 1.29 is 25.7 Å². The van der Waals surface area contributed by atoms with Crippen LogP contribution in [0.3, 0.4) is 0 Å². The number of aldehydes is 1. The molecule has 2 N–H and O–H groups in total. The number of Topliss-reactive ketones (excluding diaryl/α,β-unsaturated/α-hetero) is 1. The SMILES string of the molecule is [2H]C(=O)CC(C(C)=O)c1cccc(C(=O)NCCC(=O)O)c1. The summed E-state index contributed by atoms with van der Waals surface area (Å²) in [5, 5.41) is 11.0. The van der Waals surface area contributed by atoms with Gasteiger partial charge in [-0.05, 0) is 24.6 Å². The first-order valence-corrected chi connectivity index (χ1v) is 6.41. The summed E-state index contributed by atoms with van der Waals surface area (Å²) in [7, 11) is 0. The molecule has 1 amide bonds. The third-order valence-electron chi connectivity index (χ3n) is 2.95. The monoisotopic (exact) mass is 292 g/mol. The van der Waals surface area contributed by atoms with Crippen molar-refractivity contribution in [1.29, 1.82) is 0 Å². The molecule has 0 saturated carbocycles. The zero-order valence-electron chi connectivity index (χ0n) is 12.6. The first-order chi connectivity index (χ1) is 10.3. The van der Waals surface area contributed by atoms with Gasteiger partial charge in [-0.1, -0.05) is 12.1 Å². The van der Waals surface area contributed by atoms with Crippen molar-refractivity contribution in [2.24, 2.45) is 0 Å². The maximum absolute atomic E-state index is 11.9. The molecule has 0 aliphatic carbocycles. The third-order valence-corrected chi connectivity index (χ3v) is 2.95. The smallest absolute Gasteiger partial charge is 0.305 e. The number of carbonyl (C=O) groups excluding carboxylic acids is 3. The highest BCUT2D eigenvalue weighted by atomic mass is 16.4. The Labute approximate surface area is 123 Å². The Balaban J connectivity index is 2.87. The lowest BCUT2D eigenvalue weighted by atomic mass is 9.91. The molecule has 0 radical (unpaired) electrons. The van der Waals surface area contributed by atoms with Crippen LogP contribution >= 0.6 is 0 Å². The molecule has 6 nitrogen and oxygen atoms in total. The number of carboxylic acid groups (broad SMARTS) is 1. The molecular formula is C15H17NO5. The first-order valence-electron chi connectivity index (χ1n) is 6.91. The number of rotatable bonds is 8.